The minimum Gasteiger partial charge on any atom is -0.488 e. The van der Waals surface area contributed by atoms with Gasteiger partial charge in [0.25, 0.3) is 0 Å². The molecule has 0 spiro atoms. The third-order valence-corrected chi connectivity index (χ3v) is 5.10. The van der Waals surface area contributed by atoms with Crippen LogP contribution in [0.2, 0.25) is 0 Å². The lowest BCUT2D eigenvalue weighted by atomic mass is 10.1. The summed E-state index contributed by atoms with van der Waals surface area (Å²) in [5, 5.41) is 0.841. The summed E-state index contributed by atoms with van der Waals surface area (Å²) in [7, 11) is 0. The molecule has 0 saturated carbocycles. The molecule has 0 bridgehead atoms. The van der Waals surface area contributed by atoms with Crippen molar-refractivity contribution in [3.8, 4) is 11.4 Å². The zero-order valence-electron chi connectivity index (χ0n) is 16.7. The van der Waals surface area contributed by atoms with E-state index in [-0.39, 0.29) is 17.6 Å². The van der Waals surface area contributed by atoms with Gasteiger partial charge in [-0.25, -0.2) is 8.78 Å². The van der Waals surface area contributed by atoms with Crippen LogP contribution >= 0.6 is 0 Å². The van der Waals surface area contributed by atoms with Crippen molar-refractivity contribution in [2.45, 2.75) is 33.3 Å². The third-order valence-electron chi connectivity index (χ3n) is 5.10. The molecule has 1 aromatic heterocycles. The zero-order valence-corrected chi connectivity index (χ0v) is 16.7. The van der Waals surface area contributed by atoms with Gasteiger partial charge in [0.2, 0.25) is 0 Å². The average Bonchev–Trinajstić information content (AvgIpc) is 3.09. The highest BCUT2D eigenvalue weighted by atomic mass is 19.1. The van der Waals surface area contributed by atoms with Gasteiger partial charge in [0.15, 0.2) is 0 Å². The van der Waals surface area contributed by atoms with E-state index >= 15 is 0 Å². The second-order valence-corrected chi connectivity index (χ2v) is 7.60. The molecule has 1 heterocycles. The minimum atomic E-state index is -0.367. The molecule has 0 aliphatic rings. The number of halogens is 2. The monoisotopic (exact) mass is 391 g/mol. The third kappa shape index (κ3) is 3.75. The second-order valence-electron chi connectivity index (χ2n) is 7.60. The van der Waals surface area contributed by atoms with E-state index in [0.717, 1.165) is 22.3 Å². The molecule has 0 N–H and O–H groups in total. The van der Waals surface area contributed by atoms with Crippen LogP contribution < -0.4 is 4.74 Å². The van der Waals surface area contributed by atoms with Gasteiger partial charge in [-0.05, 0) is 54.3 Å². The Labute approximate surface area is 169 Å². The summed E-state index contributed by atoms with van der Waals surface area (Å²) in [5.41, 5.74) is 4.10. The summed E-state index contributed by atoms with van der Waals surface area (Å²) in [6.45, 7) is 6.26. The SMILES string of the molecule is Cc1cc(-n2c(C(C)C)cc3c(OCc4ccccc4)cc(F)cc32)ccc1F. The quantitative estimate of drug-likeness (QED) is 0.360. The standard InChI is InChI=1S/C25H23F2NO/c1-16(2)23-14-21-24(28(23)20-9-10-22(27)17(3)11-20)12-19(26)13-25(21)29-15-18-7-5-4-6-8-18/h4-14,16H,15H2,1-3H3. The number of nitrogens with zero attached hydrogens (tertiary/aromatic N) is 1. The molecule has 0 fully saturated rings. The number of hydrogen-bond acceptors (Lipinski definition) is 1. The van der Waals surface area contributed by atoms with Crippen molar-refractivity contribution in [3.05, 3.63) is 95.2 Å². The molecular weight excluding hydrogens is 368 g/mol. The maximum Gasteiger partial charge on any atom is 0.132 e. The Morgan fingerprint density at radius 2 is 1.69 bits per heavy atom. The number of aryl methyl sites for hydroxylation is 1. The van der Waals surface area contributed by atoms with Crippen molar-refractivity contribution >= 4 is 10.9 Å². The van der Waals surface area contributed by atoms with Gasteiger partial charge >= 0.3 is 0 Å². The molecule has 0 amide bonds. The van der Waals surface area contributed by atoms with E-state index in [1.165, 1.54) is 18.2 Å². The smallest absolute Gasteiger partial charge is 0.132 e. The molecule has 148 valence electrons. The molecule has 0 atom stereocenters. The first kappa shape index (κ1) is 19.2. The van der Waals surface area contributed by atoms with E-state index in [9.17, 15) is 8.78 Å². The first-order chi connectivity index (χ1) is 13.9. The van der Waals surface area contributed by atoms with Crippen LogP contribution in [-0.2, 0) is 6.61 Å². The Balaban J connectivity index is 1.86. The fourth-order valence-electron chi connectivity index (χ4n) is 3.60. The van der Waals surface area contributed by atoms with Gasteiger partial charge in [-0.15, -0.1) is 0 Å². The lowest BCUT2D eigenvalue weighted by Gasteiger charge is -2.14. The number of benzene rings is 3. The maximum atomic E-state index is 14.5. The summed E-state index contributed by atoms with van der Waals surface area (Å²) in [6, 6.07) is 19.7. The molecule has 4 heteroatoms. The lowest BCUT2D eigenvalue weighted by Crippen LogP contribution is -2.03. The molecule has 2 nitrogen and oxygen atoms in total. The zero-order chi connectivity index (χ0) is 20.5. The minimum absolute atomic E-state index is 0.192. The van der Waals surface area contributed by atoms with Crippen molar-refractivity contribution in [2.75, 3.05) is 0 Å². The second kappa shape index (κ2) is 7.70. The average molecular weight is 391 g/mol. The topological polar surface area (TPSA) is 14.2 Å². The number of ether oxygens (including phenoxy) is 1. The Bertz CT molecular complexity index is 1160. The summed E-state index contributed by atoms with van der Waals surface area (Å²) >= 11 is 0. The summed E-state index contributed by atoms with van der Waals surface area (Å²) < 4.78 is 36.3. The normalized spacial score (nSPS) is 11.4. The van der Waals surface area contributed by atoms with E-state index in [2.05, 4.69) is 13.8 Å². The molecule has 0 aliphatic heterocycles. The van der Waals surface area contributed by atoms with Crippen molar-refractivity contribution < 1.29 is 13.5 Å². The van der Waals surface area contributed by atoms with Gasteiger partial charge in [0, 0.05) is 22.8 Å². The van der Waals surface area contributed by atoms with Gasteiger partial charge in [-0.2, -0.15) is 0 Å². The Morgan fingerprint density at radius 3 is 2.38 bits per heavy atom. The predicted octanol–water partition coefficient (Wildman–Crippen LogP) is 6.92. The van der Waals surface area contributed by atoms with Crippen molar-refractivity contribution in [3.63, 3.8) is 0 Å². The van der Waals surface area contributed by atoms with Crippen LogP contribution in [0.25, 0.3) is 16.6 Å². The van der Waals surface area contributed by atoms with Crippen LogP contribution in [0.4, 0.5) is 8.78 Å². The van der Waals surface area contributed by atoms with Crippen LogP contribution in [0.5, 0.6) is 5.75 Å². The van der Waals surface area contributed by atoms with Gasteiger partial charge in [-0.1, -0.05) is 44.2 Å². The summed E-state index contributed by atoms with van der Waals surface area (Å²) in [5.74, 6) is 0.0737. The molecular formula is C25H23F2NO. The molecule has 0 saturated heterocycles. The van der Waals surface area contributed by atoms with Crippen LogP contribution in [0.1, 0.15) is 36.6 Å². The fourth-order valence-corrected chi connectivity index (χ4v) is 3.60. The first-order valence-electron chi connectivity index (χ1n) is 9.72. The highest BCUT2D eigenvalue weighted by Crippen LogP contribution is 2.36. The van der Waals surface area contributed by atoms with E-state index < -0.39 is 0 Å². The van der Waals surface area contributed by atoms with E-state index in [1.807, 2.05) is 41.0 Å². The largest absolute Gasteiger partial charge is 0.488 e. The molecule has 29 heavy (non-hydrogen) atoms. The lowest BCUT2D eigenvalue weighted by molar-refractivity contribution is 0.308. The van der Waals surface area contributed by atoms with Gasteiger partial charge in [-0.3, -0.25) is 0 Å². The number of hydrogen-bond donors (Lipinski definition) is 0. The first-order valence-corrected chi connectivity index (χ1v) is 9.72. The Hall–Kier alpha value is -3.14. The van der Waals surface area contributed by atoms with E-state index in [0.29, 0.717) is 23.4 Å². The molecule has 0 aliphatic carbocycles. The van der Waals surface area contributed by atoms with Crippen LogP contribution in [0, 0.1) is 18.6 Å². The van der Waals surface area contributed by atoms with Crippen LogP contribution in [0.3, 0.4) is 0 Å². The van der Waals surface area contributed by atoms with Crippen LogP contribution in [0.15, 0.2) is 66.7 Å². The Kier molecular flexibility index (Phi) is 5.10. The van der Waals surface area contributed by atoms with Crippen molar-refractivity contribution in [2.24, 2.45) is 0 Å². The molecule has 0 unspecified atom stereocenters. The number of aromatic nitrogens is 1. The Morgan fingerprint density at radius 1 is 0.931 bits per heavy atom. The van der Waals surface area contributed by atoms with Crippen molar-refractivity contribution in [1.29, 1.82) is 0 Å². The van der Waals surface area contributed by atoms with Crippen molar-refractivity contribution in [1.82, 2.24) is 4.57 Å². The van der Waals surface area contributed by atoms with Gasteiger partial charge < -0.3 is 9.30 Å². The summed E-state index contributed by atoms with van der Waals surface area (Å²) in [4.78, 5) is 0. The number of fused-ring (bicyclic) bond motifs is 1. The molecule has 4 rings (SSSR count). The van der Waals surface area contributed by atoms with Gasteiger partial charge in [0.1, 0.15) is 24.0 Å². The molecule has 3 aromatic carbocycles. The van der Waals surface area contributed by atoms with E-state index in [1.54, 1.807) is 19.1 Å². The highest BCUT2D eigenvalue weighted by molar-refractivity contribution is 5.89. The summed E-state index contributed by atoms with van der Waals surface area (Å²) in [6.07, 6.45) is 0. The number of rotatable bonds is 5. The molecule has 4 aromatic rings. The van der Waals surface area contributed by atoms with Gasteiger partial charge in [0.05, 0.1) is 5.52 Å². The molecule has 0 radical (unpaired) electrons. The highest BCUT2D eigenvalue weighted by Gasteiger charge is 2.18. The van der Waals surface area contributed by atoms with Crippen LogP contribution in [-0.4, -0.2) is 4.57 Å². The fraction of sp³-hybridized carbons (Fsp3) is 0.200. The van der Waals surface area contributed by atoms with E-state index in [4.69, 9.17) is 4.74 Å². The maximum absolute atomic E-state index is 14.5. The predicted molar refractivity (Wildman–Crippen MR) is 113 cm³/mol.